The Morgan fingerprint density at radius 1 is 2.09 bits per heavy atom. The molecule has 0 heterocycles. The second-order valence-electron chi connectivity index (χ2n) is 1.80. The minimum atomic E-state index is -0.901. The molecule has 11 heavy (non-hydrogen) atoms. The van der Waals surface area contributed by atoms with E-state index >= 15 is 0 Å². The van der Waals surface area contributed by atoms with Crippen molar-refractivity contribution in [3.05, 3.63) is 11.6 Å². The molecule has 0 saturated carbocycles. The van der Waals surface area contributed by atoms with Crippen LogP contribution in [0.2, 0.25) is 0 Å². The van der Waals surface area contributed by atoms with Gasteiger partial charge in [0.15, 0.2) is 0 Å². The number of nitrogens with two attached hydrogens (primary N) is 1. The molecule has 0 aliphatic carbocycles. The predicted molar refractivity (Wildman–Crippen MR) is 46.3 cm³/mol. The quantitative estimate of drug-likeness (QED) is 0.543. The fourth-order valence-corrected chi connectivity index (χ4v) is 1.16. The maximum atomic E-state index is 10.4. The number of nitrogens with one attached hydrogen (secondary N) is 1. The highest BCUT2D eigenvalue weighted by Crippen LogP contribution is 2.03. The summed E-state index contributed by atoms with van der Waals surface area (Å²) in [6.45, 7) is 0. The fraction of sp³-hybridized carbons (Fsp3) is 0.500. The largest absolute Gasteiger partial charge is 0.480 e. The molecule has 0 saturated heterocycles. The Labute approximate surface area is 71.2 Å². The van der Waals surface area contributed by atoms with Crippen molar-refractivity contribution in [2.75, 3.05) is 12.8 Å². The van der Waals surface area contributed by atoms with Crippen molar-refractivity contribution >= 4 is 17.7 Å². The van der Waals surface area contributed by atoms with E-state index in [0.29, 0.717) is 5.75 Å². The molecular weight excluding hydrogens is 164 g/mol. The highest BCUT2D eigenvalue weighted by atomic mass is 32.2. The van der Waals surface area contributed by atoms with Crippen LogP contribution in [-0.2, 0) is 4.79 Å². The molecule has 4 N–H and O–H groups in total. The van der Waals surface area contributed by atoms with E-state index in [4.69, 9.17) is 12.2 Å². The standard InChI is InChI=1S/C6H12N2O2S/c1-8-5(6(9)10)4-11-3-2-7/h2-3,5,8H,4,7H2,1H3,(H,9,10)/t5-/m0/s1/i2D. The smallest absolute Gasteiger partial charge is 0.321 e. The van der Waals surface area contributed by atoms with Gasteiger partial charge in [-0.2, -0.15) is 0 Å². The first-order chi connectivity index (χ1) is 5.57. The van der Waals surface area contributed by atoms with Crippen molar-refractivity contribution in [3.63, 3.8) is 0 Å². The minimum Gasteiger partial charge on any atom is -0.480 e. The van der Waals surface area contributed by atoms with E-state index in [1.54, 1.807) is 7.05 Å². The summed E-state index contributed by atoms with van der Waals surface area (Å²) in [5.41, 5.74) is 5.04. The minimum absolute atomic E-state index is 0.0553. The summed E-state index contributed by atoms with van der Waals surface area (Å²) in [5.74, 6) is -0.534. The number of hydrogen-bond donors (Lipinski definition) is 3. The maximum absolute atomic E-state index is 10.4. The number of rotatable bonds is 5. The molecule has 0 aromatic carbocycles. The van der Waals surface area contributed by atoms with Gasteiger partial charge in [0, 0.05) is 11.9 Å². The predicted octanol–water partition coefficient (Wildman–Crippen LogP) is -0.178. The monoisotopic (exact) mass is 177 g/mol. The first-order valence-corrected chi connectivity index (χ1v) is 4.06. The van der Waals surface area contributed by atoms with Gasteiger partial charge < -0.3 is 16.2 Å². The van der Waals surface area contributed by atoms with Crippen LogP contribution in [0.15, 0.2) is 11.6 Å². The van der Waals surface area contributed by atoms with Crippen LogP contribution in [0.25, 0.3) is 0 Å². The molecule has 0 aliphatic rings. The van der Waals surface area contributed by atoms with E-state index in [9.17, 15) is 4.79 Å². The Bertz CT molecular complexity index is 182. The first kappa shape index (κ1) is 8.42. The van der Waals surface area contributed by atoms with E-state index in [1.165, 1.54) is 17.2 Å². The zero-order valence-electron chi connectivity index (χ0n) is 7.20. The molecule has 0 unspecified atom stereocenters. The van der Waals surface area contributed by atoms with E-state index < -0.39 is 12.0 Å². The second-order valence-corrected chi connectivity index (χ2v) is 2.70. The van der Waals surface area contributed by atoms with Gasteiger partial charge in [0.2, 0.25) is 0 Å². The van der Waals surface area contributed by atoms with Gasteiger partial charge in [0.1, 0.15) is 6.04 Å². The summed E-state index contributed by atoms with van der Waals surface area (Å²) in [4.78, 5) is 10.4. The molecule has 0 aromatic heterocycles. The number of carboxylic acids is 1. The van der Waals surface area contributed by atoms with Crippen LogP contribution in [0.1, 0.15) is 1.37 Å². The van der Waals surface area contributed by atoms with Crippen molar-refractivity contribution < 1.29 is 11.3 Å². The number of aliphatic carboxylic acids is 1. The van der Waals surface area contributed by atoms with Crippen molar-refractivity contribution in [2.24, 2.45) is 5.73 Å². The summed E-state index contributed by atoms with van der Waals surface area (Å²) in [5, 5.41) is 12.6. The number of thioether (sulfide) groups is 1. The molecule has 1 atom stereocenters. The van der Waals surface area contributed by atoms with Crippen LogP contribution in [0.4, 0.5) is 0 Å². The lowest BCUT2D eigenvalue weighted by Gasteiger charge is -2.07. The Kier molecular flexibility index (Phi) is 4.64. The van der Waals surface area contributed by atoms with Crippen molar-refractivity contribution in [2.45, 2.75) is 6.04 Å². The van der Waals surface area contributed by atoms with Crippen molar-refractivity contribution in [1.29, 1.82) is 0 Å². The molecule has 0 bridgehead atoms. The third kappa shape index (κ3) is 4.69. The summed E-state index contributed by atoms with van der Waals surface area (Å²) in [6.07, 6.45) is -0.0553. The summed E-state index contributed by atoms with van der Waals surface area (Å²) >= 11 is 1.20. The van der Waals surface area contributed by atoms with E-state index in [-0.39, 0.29) is 6.18 Å². The fourth-order valence-electron chi connectivity index (χ4n) is 0.471. The molecule has 4 nitrogen and oxygen atoms in total. The van der Waals surface area contributed by atoms with Gasteiger partial charge in [-0.3, -0.25) is 4.79 Å². The van der Waals surface area contributed by atoms with Crippen molar-refractivity contribution in [1.82, 2.24) is 5.32 Å². The normalized spacial score (nSPS) is 15.7. The van der Waals surface area contributed by atoms with Gasteiger partial charge in [0.25, 0.3) is 0 Å². The summed E-state index contributed by atoms with van der Waals surface area (Å²) < 4.78 is 6.84. The zero-order chi connectivity index (χ0) is 9.56. The Hall–Kier alpha value is -0.680. The van der Waals surface area contributed by atoms with Gasteiger partial charge in [-0.25, -0.2) is 0 Å². The molecule has 0 aromatic rings. The van der Waals surface area contributed by atoms with E-state index in [0.717, 1.165) is 0 Å². The Morgan fingerprint density at radius 3 is 3.09 bits per heavy atom. The highest BCUT2D eigenvalue weighted by Gasteiger charge is 2.12. The Morgan fingerprint density at radius 2 is 2.73 bits per heavy atom. The van der Waals surface area contributed by atoms with Crippen LogP contribution >= 0.6 is 11.8 Å². The second kappa shape index (κ2) is 6.06. The summed E-state index contributed by atoms with van der Waals surface area (Å²) in [6, 6.07) is -0.592. The molecule has 0 fully saturated rings. The van der Waals surface area contributed by atoms with Gasteiger partial charge in [-0.05, 0) is 12.5 Å². The third-order valence-corrected chi connectivity index (χ3v) is 1.89. The number of carboxylic acid groups (broad SMARTS) is 1. The van der Waals surface area contributed by atoms with Gasteiger partial charge in [-0.1, -0.05) is 0 Å². The van der Waals surface area contributed by atoms with Gasteiger partial charge in [0.05, 0.1) is 1.37 Å². The lowest BCUT2D eigenvalue weighted by atomic mass is 10.3. The molecule has 0 amide bonds. The maximum Gasteiger partial charge on any atom is 0.321 e. The SMILES string of the molecule is [2H]C(N)=CSC[C@H](NC)C(=O)O. The zero-order valence-corrected chi connectivity index (χ0v) is 7.02. The molecule has 0 spiro atoms. The van der Waals surface area contributed by atoms with Gasteiger partial charge >= 0.3 is 5.97 Å². The summed E-state index contributed by atoms with van der Waals surface area (Å²) in [7, 11) is 1.58. The van der Waals surface area contributed by atoms with Crippen LogP contribution < -0.4 is 11.1 Å². The molecule has 0 aliphatic heterocycles. The van der Waals surface area contributed by atoms with E-state index in [2.05, 4.69) is 5.32 Å². The Balaban J connectivity index is 3.74. The average Bonchev–Trinajstić information content (AvgIpc) is 1.96. The number of likely N-dealkylation sites (N-methyl/N-ethyl adjacent to an activating group) is 1. The van der Waals surface area contributed by atoms with Crippen LogP contribution in [0.5, 0.6) is 0 Å². The molecule has 0 rings (SSSR count). The van der Waals surface area contributed by atoms with Gasteiger partial charge in [-0.15, -0.1) is 11.8 Å². The lowest BCUT2D eigenvalue weighted by Crippen LogP contribution is -2.35. The number of carbonyl (C=O) groups is 1. The van der Waals surface area contributed by atoms with Crippen molar-refractivity contribution in [3.8, 4) is 0 Å². The molecular formula is C6H12N2O2S. The molecule has 5 heteroatoms. The topological polar surface area (TPSA) is 75.3 Å². The first-order valence-electron chi connectivity index (χ1n) is 3.52. The molecule has 0 radical (unpaired) electrons. The number of hydrogen-bond acceptors (Lipinski definition) is 4. The van der Waals surface area contributed by atoms with Crippen LogP contribution in [-0.4, -0.2) is 29.9 Å². The molecule has 64 valence electrons. The lowest BCUT2D eigenvalue weighted by molar-refractivity contribution is -0.138. The van der Waals surface area contributed by atoms with Crippen LogP contribution in [0, 0.1) is 0 Å². The average molecular weight is 177 g/mol. The van der Waals surface area contributed by atoms with Crippen LogP contribution in [0.3, 0.4) is 0 Å². The van der Waals surface area contributed by atoms with E-state index in [1.807, 2.05) is 0 Å². The third-order valence-electron chi connectivity index (χ3n) is 1.06. The highest BCUT2D eigenvalue weighted by molar-refractivity contribution is 8.02.